The van der Waals surface area contributed by atoms with Crippen LogP contribution in [0.2, 0.25) is 0 Å². The number of aryl methyl sites for hydroxylation is 1. The predicted molar refractivity (Wildman–Crippen MR) is 160 cm³/mol. The van der Waals surface area contributed by atoms with Crippen LogP contribution >= 0.6 is 11.8 Å². The van der Waals surface area contributed by atoms with E-state index < -0.39 is 0 Å². The number of amides is 4. The molecule has 3 unspecified atom stereocenters. The molecule has 5 atom stereocenters. The minimum atomic E-state index is -0.222. The Morgan fingerprint density at radius 1 is 1.02 bits per heavy atom. The number of benzene rings is 2. The Labute approximate surface area is 244 Å². The van der Waals surface area contributed by atoms with Gasteiger partial charge in [0, 0.05) is 35.8 Å². The van der Waals surface area contributed by atoms with Crippen molar-refractivity contribution in [2.24, 2.45) is 5.92 Å². The lowest BCUT2D eigenvalue weighted by atomic mass is 9.86. The van der Waals surface area contributed by atoms with E-state index in [4.69, 9.17) is 4.74 Å². The lowest BCUT2D eigenvalue weighted by Crippen LogP contribution is -2.62. The number of carbonyl (C=O) groups excluding carboxylic acids is 3. The van der Waals surface area contributed by atoms with Crippen LogP contribution in [0.1, 0.15) is 51.0 Å². The molecule has 0 aromatic heterocycles. The van der Waals surface area contributed by atoms with Gasteiger partial charge >= 0.3 is 6.03 Å². The lowest BCUT2D eigenvalue weighted by Gasteiger charge is -2.46. The zero-order valence-corrected chi connectivity index (χ0v) is 24.3. The number of urea groups is 1. The van der Waals surface area contributed by atoms with Crippen LogP contribution in [-0.2, 0) is 9.59 Å². The average molecular weight is 576 g/mol. The van der Waals surface area contributed by atoms with Gasteiger partial charge < -0.3 is 26.0 Å². The highest BCUT2D eigenvalue weighted by atomic mass is 32.2. The van der Waals surface area contributed by atoms with E-state index in [9.17, 15) is 14.4 Å². The van der Waals surface area contributed by atoms with E-state index in [1.807, 2.05) is 67.3 Å². The maximum atomic E-state index is 13.7. The molecule has 0 spiro atoms. The van der Waals surface area contributed by atoms with Crippen LogP contribution < -0.4 is 30.9 Å². The standard InChI is InChI=1S/C31H37N5O4S/c1-3-25(37)33-21-11-7-8-12-22(21)34-29(38)28-27-26-24(15-16-32-30(26)41-28)36(31(39)35-27)23-14-13-20(17-18(23)2)40-19-9-5-4-6-10-19/h4-6,9-10,13-14,17,21-22,24,26,30,32H,3,7-8,11-12,15-16H2,1-2H3,(H,33,37)(H,34,38)(H,35,39)/t21-,22-,24?,26?,30?/m0/s1. The number of ether oxygens (including phenoxy) is 1. The monoisotopic (exact) mass is 575 g/mol. The summed E-state index contributed by atoms with van der Waals surface area (Å²) in [4.78, 5) is 41.8. The first kappa shape index (κ1) is 27.7. The third-order valence-corrected chi connectivity index (χ3v) is 9.86. The van der Waals surface area contributed by atoms with E-state index in [2.05, 4.69) is 21.3 Å². The molecule has 4 amide bonds. The van der Waals surface area contributed by atoms with E-state index in [-0.39, 0.29) is 47.3 Å². The van der Waals surface area contributed by atoms with Crippen LogP contribution in [0, 0.1) is 12.8 Å². The van der Waals surface area contributed by atoms with Crippen molar-refractivity contribution in [3.8, 4) is 11.5 Å². The van der Waals surface area contributed by atoms with Gasteiger partial charge in [0.05, 0.1) is 16.3 Å². The van der Waals surface area contributed by atoms with Gasteiger partial charge in [0.25, 0.3) is 5.91 Å². The van der Waals surface area contributed by atoms with Crippen molar-refractivity contribution >= 4 is 35.3 Å². The van der Waals surface area contributed by atoms with Gasteiger partial charge in [0.15, 0.2) is 0 Å². The number of piperidine rings is 1. The summed E-state index contributed by atoms with van der Waals surface area (Å²) in [5.41, 5.74) is 2.49. The first-order chi connectivity index (χ1) is 19.9. The highest BCUT2D eigenvalue weighted by molar-refractivity contribution is 8.04. The molecule has 2 saturated heterocycles. The second kappa shape index (κ2) is 11.8. The summed E-state index contributed by atoms with van der Waals surface area (Å²) in [5.74, 6) is 1.27. The summed E-state index contributed by atoms with van der Waals surface area (Å²) in [6, 6.07) is 14.9. The maximum Gasteiger partial charge on any atom is 0.326 e. The third kappa shape index (κ3) is 5.55. The Morgan fingerprint density at radius 3 is 2.51 bits per heavy atom. The Hall–Kier alpha value is -3.50. The fourth-order valence-corrected chi connectivity index (χ4v) is 7.91. The lowest BCUT2D eigenvalue weighted by molar-refractivity contribution is -0.123. The Kier molecular flexibility index (Phi) is 7.94. The molecular weight excluding hydrogens is 538 g/mol. The van der Waals surface area contributed by atoms with Crippen LogP contribution in [0.5, 0.6) is 11.5 Å². The van der Waals surface area contributed by atoms with E-state index in [1.54, 1.807) is 0 Å². The minimum Gasteiger partial charge on any atom is -0.457 e. The minimum absolute atomic E-state index is 0.000990. The first-order valence-electron chi connectivity index (χ1n) is 14.6. The number of carbonyl (C=O) groups is 3. The summed E-state index contributed by atoms with van der Waals surface area (Å²) < 4.78 is 6.01. The van der Waals surface area contributed by atoms with Gasteiger partial charge in [-0.2, -0.15) is 0 Å². The fourth-order valence-electron chi connectivity index (χ4n) is 6.51. The van der Waals surface area contributed by atoms with Gasteiger partial charge in [0.2, 0.25) is 5.91 Å². The molecule has 1 aliphatic carbocycles. The molecule has 3 heterocycles. The van der Waals surface area contributed by atoms with Crippen LogP contribution in [-0.4, -0.2) is 47.9 Å². The van der Waals surface area contributed by atoms with Crippen LogP contribution in [0.3, 0.4) is 0 Å². The van der Waals surface area contributed by atoms with Crippen molar-refractivity contribution in [2.75, 3.05) is 11.4 Å². The van der Waals surface area contributed by atoms with Crippen LogP contribution in [0.4, 0.5) is 10.5 Å². The number of thioether (sulfide) groups is 1. The van der Waals surface area contributed by atoms with Gasteiger partial charge in [-0.25, -0.2) is 4.79 Å². The molecule has 10 heteroatoms. The van der Waals surface area contributed by atoms with E-state index in [0.29, 0.717) is 22.8 Å². The van der Waals surface area contributed by atoms with Gasteiger partial charge in [0.1, 0.15) is 11.5 Å². The number of nitrogens with zero attached hydrogens (tertiary/aromatic N) is 1. The van der Waals surface area contributed by atoms with Crippen molar-refractivity contribution in [1.82, 2.24) is 21.3 Å². The molecule has 6 rings (SSSR count). The van der Waals surface area contributed by atoms with Crippen molar-refractivity contribution in [1.29, 1.82) is 0 Å². The fraction of sp³-hybridized carbons (Fsp3) is 0.452. The van der Waals surface area contributed by atoms with Gasteiger partial charge in [-0.3, -0.25) is 14.5 Å². The second-order valence-electron chi connectivity index (χ2n) is 11.2. The number of hydrogen-bond acceptors (Lipinski definition) is 6. The smallest absolute Gasteiger partial charge is 0.326 e. The summed E-state index contributed by atoms with van der Waals surface area (Å²) in [6.07, 6.45) is 4.92. The van der Waals surface area contributed by atoms with E-state index in [1.165, 1.54) is 11.8 Å². The van der Waals surface area contributed by atoms with Gasteiger partial charge in [-0.05, 0) is 68.6 Å². The van der Waals surface area contributed by atoms with Gasteiger partial charge in [-0.15, -0.1) is 0 Å². The average Bonchev–Trinajstić information content (AvgIpc) is 3.35. The molecule has 2 aromatic rings. The SMILES string of the molecule is CCC(=O)N[C@H]1CCCC[C@@H]1NC(=O)C1=C2NC(=O)N(c3ccc(Oc4ccccc4)cc3C)C3CCNC(S1)C23. The largest absolute Gasteiger partial charge is 0.457 e. The van der Waals surface area contributed by atoms with Crippen molar-refractivity contribution in [2.45, 2.75) is 75.9 Å². The molecule has 0 bridgehead atoms. The molecule has 41 heavy (non-hydrogen) atoms. The number of hydrogen-bond donors (Lipinski definition) is 4. The summed E-state index contributed by atoms with van der Waals surface area (Å²) >= 11 is 1.50. The number of para-hydroxylation sites is 1. The second-order valence-corrected chi connectivity index (χ2v) is 12.3. The van der Waals surface area contributed by atoms with Crippen LogP contribution in [0.25, 0.3) is 0 Å². The first-order valence-corrected chi connectivity index (χ1v) is 15.5. The zero-order chi connectivity index (χ0) is 28.5. The van der Waals surface area contributed by atoms with E-state index in [0.717, 1.165) is 55.6 Å². The third-order valence-electron chi connectivity index (χ3n) is 8.50. The summed E-state index contributed by atoms with van der Waals surface area (Å²) in [7, 11) is 0. The summed E-state index contributed by atoms with van der Waals surface area (Å²) in [6.45, 7) is 4.58. The molecule has 3 aliphatic heterocycles. The van der Waals surface area contributed by atoms with Crippen LogP contribution in [0.15, 0.2) is 59.1 Å². The molecule has 4 aliphatic rings. The highest BCUT2D eigenvalue weighted by Crippen LogP contribution is 2.48. The molecule has 2 aromatic carbocycles. The van der Waals surface area contributed by atoms with E-state index >= 15 is 0 Å². The Morgan fingerprint density at radius 2 is 1.78 bits per heavy atom. The van der Waals surface area contributed by atoms with Crippen molar-refractivity contribution in [3.05, 3.63) is 64.7 Å². The molecule has 0 radical (unpaired) electrons. The molecule has 1 saturated carbocycles. The Balaban J connectivity index is 1.22. The normalized spacial score (nSPS) is 27.1. The predicted octanol–water partition coefficient (Wildman–Crippen LogP) is 4.53. The van der Waals surface area contributed by atoms with Gasteiger partial charge in [-0.1, -0.05) is 49.7 Å². The Bertz CT molecular complexity index is 1370. The summed E-state index contributed by atoms with van der Waals surface area (Å²) in [5, 5.41) is 13.0. The molecule has 4 N–H and O–H groups in total. The molecule has 3 fully saturated rings. The number of rotatable bonds is 7. The maximum absolute atomic E-state index is 13.7. The quantitative estimate of drug-likeness (QED) is 0.386. The van der Waals surface area contributed by atoms with Crippen molar-refractivity contribution in [3.63, 3.8) is 0 Å². The van der Waals surface area contributed by atoms with Crippen molar-refractivity contribution < 1.29 is 19.1 Å². The highest BCUT2D eigenvalue weighted by Gasteiger charge is 2.52. The molecule has 9 nitrogen and oxygen atoms in total. The zero-order valence-electron chi connectivity index (χ0n) is 23.4. The number of anilines is 1. The molecule has 216 valence electrons. The number of nitrogens with one attached hydrogen (secondary N) is 4. The topological polar surface area (TPSA) is 112 Å². The molecular formula is C31H37N5O4S.